The van der Waals surface area contributed by atoms with Crippen molar-refractivity contribution in [2.75, 3.05) is 0 Å². The summed E-state index contributed by atoms with van der Waals surface area (Å²) in [5.74, 6) is 0.251. The molecule has 0 aromatic rings. The number of unbranched alkanes of at least 4 members (excludes halogenated alkanes) is 15. The Balaban J connectivity index is 3.20. The summed E-state index contributed by atoms with van der Waals surface area (Å²) in [7, 11) is 0. The predicted molar refractivity (Wildman–Crippen MR) is 124 cm³/mol. The Morgan fingerprint density at radius 2 is 1.18 bits per heavy atom. The zero-order valence-corrected chi connectivity index (χ0v) is 19.2. The number of hydrogen-bond acceptors (Lipinski definition) is 2. The van der Waals surface area contributed by atoms with Crippen LogP contribution in [0.25, 0.3) is 0 Å². The third-order valence-electron chi connectivity index (χ3n) is 5.70. The van der Waals surface area contributed by atoms with Gasteiger partial charge >= 0.3 is 0 Å². The molecule has 0 saturated carbocycles. The highest BCUT2D eigenvalue weighted by molar-refractivity contribution is 5.77. The average molecular weight is 395 g/mol. The van der Waals surface area contributed by atoms with Crippen molar-refractivity contribution in [3.8, 4) is 0 Å². The number of carbonyl (C=O) groups excluding carboxylic acids is 1. The minimum absolute atomic E-state index is 0.251. The van der Waals surface area contributed by atoms with Gasteiger partial charge in [0.15, 0.2) is 0 Å². The fraction of sp³-hybridized carbons (Fsp3) is 0.885. The minimum atomic E-state index is -0.354. The summed E-state index contributed by atoms with van der Waals surface area (Å²) in [6.45, 7) is 4.16. The van der Waals surface area contributed by atoms with Gasteiger partial charge in [-0.25, -0.2) is 0 Å². The molecule has 0 fully saturated rings. The Kier molecular flexibility index (Phi) is 22.1. The molecule has 2 heteroatoms. The molecule has 0 heterocycles. The van der Waals surface area contributed by atoms with E-state index in [-0.39, 0.29) is 11.9 Å². The molecule has 28 heavy (non-hydrogen) atoms. The molecule has 0 aromatic carbocycles. The normalized spacial score (nSPS) is 12.7. The lowest BCUT2D eigenvalue weighted by molar-refractivity contribution is -0.119. The Hall–Kier alpha value is -0.630. The maximum absolute atomic E-state index is 11.2. The summed E-state index contributed by atoms with van der Waals surface area (Å²) < 4.78 is 0. The number of ketones is 1. The number of Topliss-reactive ketones (excluding diaryl/α,β-unsaturated/α-hetero) is 1. The molecular formula is C26H50O2. The van der Waals surface area contributed by atoms with Crippen LogP contribution >= 0.6 is 0 Å². The van der Waals surface area contributed by atoms with Crippen molar-refractivity contribution in [2.45, 2.75) is 148 Å². The molecule has 0 rings (SSSR count). The largest absolute Gasteiger partial charge is 0.393 e. The first-order valence-electron chi connectivity index (χ1n) is 12.5. The Labute approximate surface area is 176 Å². The second kappa shape index (κ2) is 22.7. The van der Waals surface area contributed by atoms with Gasteiger partial charge in [0.25, 0.3) is 0 Å². The number of hydrogen-bond donors (Lipinski definition) is 1. The van der Waals surface area contributed by atoms with Gasteiger partial charge in [0.2, 0.25) is 0 Å². The summed E-state index contributed by atoms with van der Waals surface area (Å²) in [6.07, 6.45) is 28.5. The van der Waals surface area contributed by atoms with Crippen LogP contribution in [0.3, 0.4) is 0 Å². The number of allylic oxidation sites excluding steroid dienone is 1. The molecule has 0 aromatic heterocycles. The van der Waals surface area contributed by atoms with E-state index in [0.29, 0.717) is 25.7 Å². The number of carbonyl (C=O) groups is 1. The lowest BCUT2D eigenvalue weighted by Crippen LogP contribution is -2.08. The molecule has 0 aliphatic carbocycles. The third kappa shape index (κ3) is 21.7. The van der Waals surface area contributed by atoms with Crippen LogP contribution in [0.5, 0.6) is 0 Å². The molecule has 1 N–H and O–H groups in total. The van der Waals surface area contributed by atoms with Crippen LogP contribution in [-0.4, -0.2) is 17.0 Å². The SMILES string of the molecule is CCCCCCCCCCCCCCCCC/C=C/C[C@H](O)CCC(=O)CC. The van der Waals surface area contributed by atoms with Crippen molar-refractivity contribution < 1.29 is 9.90 Å². The predicted octanol–water partition coefficient (Wildman–Crippen LogP) is 8.31. The van der Waals surface area contributed by atoms with Gasteiger partial charge in [-0.15, -0.1) is 0 Å². The van der Waals surface area contributed by atoms with Crippen molar-refractivity contribution >= 4 is 5.78 Å². The zero-order valence-electron chi connectivity index (χ0n) is 19.2. The van der Waals surface area contributed by atoms with Crippen molar-refractivity contribution in [2.24, 2.45) is 0 Å². The lowest BCUT2D eigenvalue weighted by atomic mass is 10.0. The van der Waals surface area contributed by atoms with Crippen LogP contribution in [0.4, 0.5) is 0 Å². The fourth-order valence-electron chi connectivity index (χ4n) is 3.63. The summed E-state index contributed by atoms with van der Waals surface area (Å²) in [4.78, 5) is 11.2. The summed E-state index contributed by atoms with van der Waals surface area (Å²) in [5.41, 5.74) is 0. The molecule has 0 unspecified atom stereocenters. The topological polar surface area (TPSA) is 37.3 Å². The Morgan fingerprint density at radius 1 is 0.714 bits per heavy atom. The van der Waals surface area contributed by atoms with E-state index in [1.807, 2.05) is 6.92 Å². The van der Waals surface area contributed by atoms with Crippen molar-refractivity contribution in [3.05, 3.63) is 12.2 Å². The van der Waals surface area contributed by atoms with Crippen LogP contribution in [-0.2, 0) is 4.79 Å². The van der Waals surface area contributed by atoms with Gasteiger partial charge < -0.3 is 5.11 Å². The van der Waals surface area contributed by atoms with E-state index in [4.69, 9.17) is 0 Å². The molecule has 2 nitrogen and oxygen atoms in total. The van der Waals surface area contributed by atoms with Crippen LogP contribution < -0.4 is 0 Å². The minimum Gasteiger partial charge on any atom is -0.393 e. The van der Waals surface area contributed by atoms with Gasteiger partial charge in [-0.05, 0) is 25.7 Å². The van der Waals surface area contributed by atoms with Gasteiger partial charge in [0, 0.05) is 12.8 Å². The second-order valence-corrected chi connectivity index (χ2v) is 8.53. The van der Waals surface area contributed by atoms with Crippen LogP contribution in [0, 0.1) is 0 Å². The van der Waals surface area contributed by atoms with E-state index in [0.717, 1.165) is 6.42 Å². The number of aliphatic hydroxyl groups is 1. The Morgan fingerprint density at radius 3 is 1.64 bits per heavy atom. The molecule has 0 aliphatic heterocycles. The highest BCUT2D eigenvalue weighted by Crippen LogP contribution is 2.14. The van der Waals surface area contributed by atoms with E-state index in [1.54, 1.807) is 0 Å². The standard InChI is InChI=1S/C26H50O2/c1-3-5-6-7-8-9-10-11-12-13-14-15-16-17-18-19-20-21-22-26(28)24-23-25(27)4-2/h20-21,26,28H,3-19,22-24H2,1-2H3/b21-20+/t26-/m0/s1. The molecule has 0 bridgehead atoms. The van der Waals surface area contributed by atoms with Crippen LogP contribution in [0.2, 0.25) is 0 Å². The first-order chi connectivity index (χ1) is 13.7. The Bertz CT molecular complexity index is 348. The van der Waals surface area contributed by atoms with Gasteiger partial charge in [-0.2, -0.15) is 0 Å². The van der Waals surface area contributed by atoms with Gasteiger partial charge in [-0.3, -0.25) is 4.79 Å². The highest BCUT2D eigenvalue weighted by Gasteiger charge is 2.05. The van der Waals surface area contributed by atoms with Crippen LogP contribution in [0.1, 0.15) is 142 Å². The molecule has 1 atom stereocenters. The third-order valence-corrected chi connectivity index (χ3v) is 5.70. The molecule has 166 valence electrons. The maximum atomic E-state index is 11.2. The average Bonchev–Trinajstić information content (AvgIpc) is 2.71. The van der Waals surface area contributed by atoms with E-state index in [2.05, 4.69) is 19.1 Å². The zero-order chi connectivity index (χ0) is 20.7. The second-order valence-electron chi connectivity index (χ2n) is 8.53. The van der Waals surface area contributed by atoms with Crippen molar-refractivity contribution in [1.82, 2.24) is 0 Å². The summed E-state index contributed by atoms with van der Waals surface area (Å²) in [6, 6.07) is 0. The number of rotatable bonds is 22. The first kappa shape index (κ1) is 27.4. The molecule has 0 spiro atoms. The molecular weight excluding hydrogens is 344 g/mol. The van der Waals surface area contributed by atoms with Gasteiger partial charge in [-0.1, -0.05) is 116 Å². The summed E-state index contributed by atoms with van der Waals surface area (Å²) >= 11 is 0. The van der Waals surface area contributed by atoms with Crippen molar-refractivity contribution in [3.63, 3.8) is 0 Å². The molecule has 0 amide bonds. The monoisotopic (exact) mass is 394 g/mol. The van der Waals surface area contributed by atoms with Gasteiger partial charge in [0.1, 0.15) is 5.78 Å². The summed E-state index contributed by atoms with van der Waals surface area (Å²) in [5, 5.41) is 9.83. The highest BCUT2D eigenvalue weighted by atomic mass is 16.3. The number of aliphatic hydroxyl groups excluding tert-OH is 1. The lowest BCUT2D eigenvalue weighted by Gasteiger charge is -2.06. The van der Waals surface area contributed by atoms with E-state index in [1.165, 1.54) is 96.3 Å². The van der Waals surface area contributed by atoms with Crippen LogP contribution in [0.15, 0.2) is 12.2 Å². The van der Waals surface area contributed by atoms with Crippen molar-refractivity contribution in [1.29, 1.82) is 0 Å². The molecule has 0 saturated heterocycles. The quantitative estimate of drug-likeness (QED) is 0.148. The van der Waals surface area contributed by atoms with E-state index >= 15 is 0 Å². The van der Waals surface area contributed by atoms with Gasteiger partial charge in [0.05, 0.1) is 6.10 Å². The van der Waals surface area contributed by atoms with E-state index < -0.39 is 0 Å². The maximum Gasteiger partial charge on any atom is 0.132 e. The fourth-order valence-corrected chi connectivity index (χ4v) is 3.63. The van der Waals surface area contributed by atoms with E-state index in [9.17, 15) is 9.90 Å². The molecule has 0 aliphatic rings. The first-order valence-corrected chi connectivity index (χ1v) is 12.5. The smallest absolute Gasteiger partial charge is 0.132 e. The molecule has 0 radical (unpaired) electrons.